The first-order valence-corrected chi connectivity index (χ1v) is 6.71. The molecule has 3 heterocycles. The van der Waals surface area contributed by atoms with E-state index in [2.05, 4.69) is 20.6 Å². The van der Waals surface area contributed by atoms with Crippen LogP contribution in [0.5, 0.6) is 0 Å². The predicted octanol–water partition coefficient (Wildman–Crippen LogP) is 2.45. The van der Waals surface area contributed by atoms with Crippen molar-refractivity contribution in [1.82, 2.24) is 15.3 Å². The highest BCUT2D eigenvalue weighted by molar-refractivity contribution is 6.29. The van der Waals surface area contributed by atoms with E-state index in [-0.39, 0.29) is 18.3 Å². The maximum atomic E-state index is 12.1. The van der Waals surface area contributed by atoms with Crippen LogP contribution in [0.3, 0.4) is 0 Å². The number of hydrogen-bond donors (Lipinski definition) is 2. The second-order valence-electron chi connectivity index (χ2n) is 4.58. The molecule has 0 aromatic carbocycles. The molecule has 2 aromatic heterocycles. The summed E-state index contributed by atoms with van der Waals surface area (Å²) in [6.45, 7) is 1.73. The number of carbonyl (C=O) groups excluding carboxylic acids is 1. The molecule has 0 atom stereocenters. The normalized spacial score (nSPS) is 13.0. The topological polar surface area (TPSA) is 66.9 Å². The number of rotatable bonds is 2. The summed E-state index contributed by atoms with van der Waals surface area (Å²) in [5.74, 6) is -0.222. The molecule has 1 aliphatic rings. The Kier molecular flexibility index (Phi) is 5.12. The van der Waals surface area contributed by atoms with E-state index >= 15 is 0 Å². The smallest absolute Gasteiger partial charge is 0.255 e. The van der Waals surface area contributed by atoms with E-state index in [1.165, 1.54) is 12.3 Å². The number of nitrogens with zero attached hydrogens (tertiary/aromatic N) is 2. The quantitative estimate of drug-likeness (QED) is 0.833. The Morgan fingerprint density at radius 3 is 3.00 bits per heavy atom. The highest BCUT2D eigenvalue weighted by Crippen LogP contribution is 2.17. The molecule has 0 spiro atoms. The summed E-state index contributed by atoms with van der Waals surface area (Å²) in [6, 6.07) is 5.11. The van der Waals surface area contributed by atoms with Gasteiger partial charge in [0.15, 0.2) is 0 Å². The third kappa shape index (κ3) is 3.69. The summed E-state index contributed by atoms with van der Waals surface area (Å²) in [7, 11) is 0. The molecule has 21 heavy (non-hydrogen) atoms. The number of halogens is 2. The molecule has 0 radical (unpaired) electrons. The first-order chi connectivity index (χ1) is 9.72. The first-order valence-electron chi connectivity index (χ1n) is 6.34. The zero-order chi connectivity index (χ0) is 13.9. The van der Waals surface area contributed by atoms with Crippen molar-refractivity contribution >= 4 is 35.6 Å². The maximum absolute atomic E-state index is 12.1. The first kappa shape index (κ1) is 15.7. The van der Waals surface area contributed by atoms with Gasteiger partial charge in [0.2, 0.25) is 0 Å². The standard InChI is InChI=1S/C14H13ClN4O.ClH/c15-13-6-9(1-4-17-13)14(20)19-11-5-10-7-16-3-2-12(10)18-8-11;/h1,4-6,8,16H,2-3,7H2,(H,19,20);1H. The fourth-order valence-electron chi connectivity index (χ4n) is 2.16. The van der Waals surface area contributed by atoms with Crippen LogP contribution in [0.1, 0.15) is 21.6 Å². The van der Waals surface area contributed by atoms with E-state index < -0.39 is 0 Å². The summed E-state index contributed by atoms with van der Waals surface area (Å²) in [4.78, 5) is 20.3. The highest BCUT2D eigenvalue weighted by atomic mass is 35.5. The van der Waals surface area contributed by atoms with E-state index in [9.17, 15) is 4.79 Å². The van der Waals surface area contributed by atoms with Crippen LogP contribution in [-0.2, 0) is 13.0 Å². The van der Waals surface area contributed by atoms with Gasteiger partial charge in [0.05, 0.1) is 11.9 Å². The number of aromatic nitrogens is 2. The maximum Gasteiger partial charge on any atom is 0.255 e. The molecule has 0 saturated carbocycles. The third-order valence-electron chi connectivity index (χ3n) is 3.16. The van der Waals surface area contributed by atoms with Crippen LogP contribution >= 0.6 is 24.0 Å². The molecule has 3 rings (SSSR count). The Labute approximate surface area is 133 Å². The van der Waals surface area contributed by atoms with E-state index in [0.717, 1.165) is 30.8 Å². The lowest BCUT2D eigenvalue weighted by molar-refractivity contribution is 0.102. The van der Waals surface area contributed by atoms with Gasteiger partial charge >= 0.3 is 0 Å². The number of amides is 1. The minimum atomic E-state index is -0.222. The number of nitrogens with one attached hydrogen (secondary N) is 2. The van der Waals surface area contributed by atoms with Crippen molar-refractivity contribution in [2.75, 3.05) is 11.9 Å². The zero-order valence-electron chi connectivity index (χ0n) is 11.1. The number of hydrogen-bond acceptors (Lipinski definition) is 4. The van der Waals surface area contributed by atoms with E-state index in [1.54, 1.807) is 12.3 Å². The molecule has 0 aliphatic carbocycles. The highest BCUT2D eigenvalue weighted by Gasteiger charge is 2.12. The van der Waals surface area contributed by atoms with Gasteiger partial charge in [-0.3, -0.25) is 9.78 Å². The van der Waals surface area contributed by atoms with Crippen LogP contribution in [-0.4, -0.2) is 22.4 Å². The molecule has 7 heteroatoms. The van der Waals surface area contributed by atoms with E-state index in [1.807, 2.05) is 6.07 Å². The molecule has 1 amide bonds. The van der Waals surface area contributed by atoms with Crippen molar-refractivity contribution in [1.29, 1.82) is 0 Å². The van der Waals surface area contributed by atoms with Gasteiger partial charge in [-0.15, -0.1) is 12.4 Å². The molecule has 0 saturated heterocycles. The number of anilines is 1. The predicted molar refractivity (Wildman–Crippen MR) is 84.1 cm³/mol. The Morgan fingerprint density at radius 2 is 2.19 bits per heavy atom. The second kappa shape index (κ2) is 6.85. The van der Waals surface area contributed by atoms with Gasteiger partial charge in [0, 0.05) is 37.0 Å². The Bertz CT molecular complexity index is 663. The van der Waals surface area contributed by atoms with Crippen molar-refractivity contribution in [2.45, 2.75) is 13.0 Å². The minimum absolute atomic E-state index is 0. The third-order valence-corrected chi connectivity index (χ3v) is 3.37. The van der Waals surface area contributed by atoms with Gasteiger partial charge in [-0.1, -0.05) is 11.6 Å². The van der Waals surface area contributed by atoms with Crippen molar-refractivity contribution in [3.63, 3.8) is 0 Å². The average molecular weight is 325 g/mol. The van der Waals surface area contributed by atoms with Gasteiger partial charge in [-0.05, 0) is 23.8 Å². The lowest BCUT2D eigenvalue weighted by Gasteiger charge is -2.17. The van der Waals surface area contributed by atoms with E-state index in [4.69, 9.17) is 11.6 Å². The molecule has 2 aromatic rings. The minimum Gasteiger partial charge on any atom is -0.321 e. The zero-order valence-corrected chi connectivity index (χ0v) is 12.7. The second-order valence-corrected chi connectivity index (χ2v) is 4.97. The van der Waals surface area contributed by atoms with Gasteiger partial charge < -0.3 is 10.6 Å². The molecular weight excluding hydrogens is 311 g/mol. The van der Waals surface area contributed by atoms with Gasteiger partial charge in [-0.2, -0.15) is 0 Å². The molecular formula is C14H14Cl2N4O. The Balaban J connectivity index is 0.00000161. The van der Waals surface area contributed by atoms with Crippen LogP contribution in [0.2, 0.25) is 5.15 Å². The largest absolute Gasteiger partial charge is 0.321 e. The van der Waals surface area contributed by atoms with Crippen LogP contribution < -0.4 is 10.6 Å². The van der Waals surface area contributed by atoms with Gasteiger partial charge in [0.25, 0.3) is 5.91 Å². The summed E-state index contributed by atoms with van der Waals surface area (Å²) in [5, 5.41) is 6.40. The van der Waals surface area contributed by atoms with Crippen LogP contribution in [0.4, 0.5) is 5.69 Å². The molecule has 2 N–H and O–H groups in total. The summed E-state index contributed by atoms with van der Waals surface area (Å²) < 4.78 is 0. The molecule has 0 unspecified atom stereocenters. The average Bonchev–Trinajstić information content (AvgIpc) is 2.47. The lowest BCUT2D eigenvalue weighted by Crippen LogP contribution is -2.24. The van der Waals surface area contributed by atoms with E-state index in [0.29, 0.717) is 16.4 Å². The monoisotopic (exact) mass is 324 g/mol. The van der Waals surface area contributed by atoms with Crippen LogP contribution in [0, 0.1) is 0 Å². The van der Waals surface area contributed by atoms with Crippen molar-refractivity contribution in [3.05, 3.63) is 52.6 Å². The lowest BCUT2D eigenvalue weighted by atomic mass is 10.1. The van der Waals surface area contributed by atoms with Gasteiger partial charge in [-0.25, -0.2) is 4.98 Å². The Morgan fingerprint density at radius 1 is 1.33 bits per heavy atom. The summed E-state index contributed by atoms with van der Waals surface area (Å²) in [5.41, 5.74) is 3.38. The molecule has 110 valence electrons. The summed E-state index contributed by atoms with van der Waals surface area (Å²) >= 11 is 5.78. The number of pyridine rings is 2. The fraction of sp³-hybridized carbons (Fsp3) is 0.214. The summed E-state index contributed by atoms with van der Waals surface area (Å²) in [6.07, 6.45) is 4.11. The molecule has 0 bridgehead atoms. The number of carbonyl (C=O) groups is 1. The van der Waals surface area contributed by atoms with Crippen molar-refractivity contribution < 1.29 is 4.79 Å². The van der Waals surface area contributed by atoms with Gasteiger partial charge in [0.1, 0.15) is 5.15 Å². The fourth-order valence-corrected chi connectivity index (χ4v) is 2.34. The molecule has 0 fully saturated rings. The number of fused-ring (bicyclic) bond motifs is 1. The molecule has 5 nitrogen and oxygen atoms in total. The van der Waals surface area contributed by atoms with Crippen LogP contribution in [0.25, 0.3) is 0 Å². The van der Waals surface area contributed by atoms with Crippen molar-refractivity contribution in [3.8, 4) is 0 Å². The SMILES string of the molecule is Cl.O=C(Nc1cnc2c(c1)CNCC2)c1ccnc(Cl)c1. The Hall–Kier alpha value is -1.69. The molecule has 1 aliphatic heterocycles. The van der Waals surface area contributed by atoms with Crippen molar-refractivity contribution in [2.24, 2.45) is 0 Å². The van der Waals surface area contributed by atoms with Crippen LogP contribution in [0.15, 0.2) is 30.6 Å².